The lowest BCUT2D eigenvalue weighted by Gasteiger charge is -2.16. The molecular weight excluding hydrogens is 644 g/mol. The van der Waals surface area contributed by atoms with Crippen molar-refractivity contribution in [2.45, 2.75) is 30.4 Å². The number of carbonyl (C=O) groups is 3. The number of benzene rings is 4. The van der Waals surface area contributed by atoms with Crippen molar-refractivity contribution < 1.29 is 18.8 Å². The smallest absolute Gasteiger partial charge is 0.272 e. The molecule has 3 amide bonds. The third-order valence-electron chi connectivity index (χ3n) is 7.27. The highest BCUT2D eigenvalue weighted by Gasteiger charge is 2.22. The van der Waals surface area contributed by atoms with Crippen LogP contribution < -0.4 is 16.0 Å². The number of nitrogens with zero attached hydrogens (tertiary/aromatic N) is 1. The van der Waals surface area contributed by atoms with Gasteiger partial charge in [0.15, 0.2) is 0 Å². The first-order valence-corrected chi connectivity index (χ1v) is 16.8. The minimum absolute atomic E-state index is 0.133. The number of nitriles is 1. The highest BCUT2D eigenvalue weighted by molar-refractivity contribution is 8.00. The average Bonchev–Trinajstić information content (AvgIpc) is 3.50. The summed E-state index contributed by atoms with van der Waals surface area (Å²) in [6.45, 7) is 3.89. The Bertz CT molecular complexity index is 2020. The molecule has 1 aromatic heterocycles. The zero-order valence-corrected chi connectivity index (χ0v) is 27.8. The molecule has 3 N–H and O–H groups in total. The molecule has 0 fully saturated rings. The van der Waals surface area contributed by atoms with E-state index in [1.165, 1.54) is 47.4 Å². The second-order valence-corrected chi connectivity index (χ2v) is 12.9. The molecule has 240 valence electrons. The number of amides is 3. The van der Waals surface area contributed by atoms with Gasteiger partial charge in [-0.3, -0.25) is 14.4 Å². The molecule has 7 nitrogen and oxygen atoms in total. The molecule has 0 aliphatic heterocycles. The van der Waals surface area contributed by atoms with Gasteiger partial charge in [-0.2, -0.15) is 5.26 Å². The summed E-state index contributed by atoms with van der Waals surface area (Å²) >= 11 is 2.63. The van der Waals surface area contributed by atoms with Crippen molar-refractivity contribution in [1.29, 1.82) is 5.26 Å². The van der Waals surface area contributed by atoms with Crippen molar-refractivity contribution in [3.63, 3.8) is 0 Å². The quantitative estimate of drug-likeness (QED) is 0.0960. The van der Waals surface area contributed by atoms with Gasteiger partial charge in [-0.1, -0.05) is 79.2 Å². The molecule has 5 rings (SSSR count). The first kappa shape index (κ1) is 33.9. The molecule has 10 heteroatoms. The van der Waals surface area contributed by atoms with Gasteiger partial charge >= 0.3 is 0 Å². The Balaban J connectivity index is 1.31. The first-order chi connectivity index (χ1) is 23.2. The van der Waals surface area contributed by atoms with E-state index in [0.29, 0.717) is 28.2 Å². The van der Waals surface area contributed by atoms with Crippen LogP contribution in [-0.2, 0) is 9.59 Å². The number of thiophene rings is 1. The fourth-order valence-electron chi connectivity index (χ4n) is 4.72. The largest absolute Gasteiger partial charge is 0.321 e. The van der Waals surface area contributed by atoms with E-state index in [2.05, 4.69) is 22.0 Å². The summed E-state index contributed by atoms with van der Waals surface area (Å²) in [6, 6.07) is 31.4. The fraction of sp³-hybridized carbons (Fsp3) is 0.105. The molecule has 0 bridgehead atoms. The molecule has 0 aliphatic carbocycles. The van der Waals surface area contributed by atoms with E-state index >= 15 is 0 Å². The van der Waals surface area contributed by atoms with Gasteiger partial charge < -0.3 is 16.0 Å². The normalized spacial score (nSPS) is 11.7. The van der Waals surface area contributed by atoms with Gasteiger partial charge in [0.05, 0.1) is 10.8 Å². The minimum Gasteiger partial charge on any atom is -0.321 e. The SMILES string of the molecule is CCC(Sc1cccc(NC(=O)/C(=C/c2ccccc2F)NC(=O)c2ccccc2)c1)C(=O)Nc1scc(-c2ccc(C)cc2)c1C#N. The summed E-state index contributed by atoms with van der Waals surface area (Å²) < 4.78 is 14.5. The van der Waals surface area contributed by atoms with Crippen LogP contribution in [0.25, 0.3) is 17.2 Å². The van der Waals surface area contributed by atoms with Crippen molar-refractivity contribution in [3.8, 4) is 17.2 Å². The molecule has 0 saturated heterocycles. The molecule has 1 heterocycles. The molecule has 0 aliphatic rings. The van der Waals surface area contributed by atoms with E-state index in [9.17, 15) is 24.0 Å². The maximum Gasteiger partial charge on any atom is 0.272 e. The van der Waals surface area contributed by atoms with Gasteiger partial charge in [-0.05, 0) is 61.4 Å². The van der Waals surface area contributed by atoms with Gasteiger partial charge in [-0.15, -0.1) is 23.1 Å². The van der Waals surface area contributed by atoms with Crippen molar-refractivity contribution in [2.24, 2.45) is 0 Å². The van der Waals surface area contributed by atoms with E-state index in [-0.39, 0.29) is 17.2 Å². The van der Waals surface area contributed by atoms with Crippen LogP contribution in [0.1, 0.15) is 40.4 Å². The molecule has 5 aromatic rings. The van der Waals surface area contributed by atoms with E-state index in [4.69, 9.17) is 0 Å². The van der Waals surface area contributed by atoms with E-state index in [0.717, 1.165) is 21.6 Å². The number of thioether (sulfide) groups is 1. The zero-order valence-electron chi connectivity index (χ0n) is 26.1. The Morgan fingerprint density at radius 3 is 2.38 bits per heavy atom. The lowest BCUT2D eigenvalue weighted by Crippen LogP contribution is -2.30. The molecule has 1 atom stereocenters. The highest BCUT2D eigenvalue weighted by atomic mass is 32.2. The summed E-state index contributed by atoms with van der Waals surface area (Å²) in [5.41, 5.74) is 3.94. The Labute approximate surface area is 286 Å². The summed E-state index contributed by atoms with van der Waals surface area (Å²) in [5, 5.41) is 20.1. The molecule has 0 spiro atoms. The predicted octanol–water partition coefficient (Wildman–Crippen LogP) is 8.65. The number of aryl methyl sites for hydroxylation is 1. The minimum atomic E-state index is -0.652. The van der Waals surface area contributed by atoms with Crippen molar-refractivity contribution in [3.05, 3.63) is 142 Å². The van der Waals surface area contributed by atoms with Crippen molar-refractivity contribution >= 4 is 57.6 Å². The number of anilines is 2. The standard InChI is InChI=1S/C38H31FN4O3S2/c1-3-34(37(46)43-38-30(22-40)31(23-47-38)25-18-16-24(2)17-19-25)48-29-14-9-13-28(21-29)41-36(45)33(20-27-12-7-8-15-32(27)39)42-35(44)26-10-5-4-6-11-26/h4-21,23,34H,3H2,1-2H3,(H,41,45)(H,42,44)(H,43,46)/b33-20-. The predicted molar refractivity (Wildman–Crippen MR) is 191 cm³/mol. The Kier molecular flexibility index (Phi) is 11.2. The number of halogens is 1. The number of hydrogen-bond donors (Lipinski definition) is 3. The van der Waals surface area contributed by atoms with E-state index in [1.807, 2.05) is 49.6 Å². The molecular formula is C38H31FN4O3S2. The van der Waals surface area contributed by atoms with Gasteiger partial charge in [0.1, 0.15) is 22.6 Å². The van der Waals surface area contributed by atoms with Crippen LogP contribution in [-0.4, -0.2) is 23.0 Å². The van der Waals surface area contributed by atoms with Crippen LogP contribution in [0.4, 0.5) is 15.1 Å². The third kappa shape index (κ3) is 8.45. The van der Waals surface area contributed by atoms with E-state index in [1.54, 1.807) is 54.6 Å². The van der Waals surface area contributed by atoms with Crippen LogP contribution in [0.5, 0.6) is 0 Å². The molecule has 0 radical (unpaired) electrons. The summed E-state index contributed by atoms with van der Waals surface area (Å²) in [6.07, 6.45) is 1.79. The maximum absolute atomic E-state index is 14.5. The Morgan fingerprint density at radius 2 is 1.67 bits per heavy atom. The summed E-state index contributed by atoms with van der Waals surface area (Å²) in [4.78, 5) is 40.5. The van der Waals surface area contributed by atoms with E-state index < -0.39 is 22.9 Å². The number of nitrogens with one attached hydrogen (secondary N) is 3. The number of hydrogen-bond acceptors (Lipinski definition) is 6. The van der Waals surface area contributed by atoms with Gasteiger partial charge in [-0.25, -0.2) is 4.39 Å². The number of rotatable bonds is 11. The molecule has 1 unspecified atom stereocenters. The average molecular weight is 675 g/mol. The lowest BCUT2D eigenvalue weighted by atomic mass is 10.0. The zero-order chi connectivity index (χ0) is 34.0. The third-order valence-corrected chi connectivity index (χ3v) is 9.52. The van der Waals surface area contributed by atoms with Crippen molar-refractivity contribution in [1.82, 2.24) is 5.32 Å². The Hall–Kier alpha value is -5.50. The second-order valence-electron chi connectivity index (χ2n) is 10.7. The Morgan fingerprint density at radius 1 is 0.938 bits per heavy atom. The van der Waals surface area contributed by atoms with Gasteiger partial charge in [0, 0.05) is 32.7 Å². The van der Waals surface area contributed by atoms with Crippen LogP contribution in [0.2, 0.25) is 0 Å². The molecule has 48 heavy (non-hydrogen) atoms. The van der Waals surface area contributed by atoms with Crippen LogP contribution in [0.3, 0.4) is 0 Å². The summed E-state index contributed by atoms with van der Waals surface area (Å²) in [7, 11) is 0. The lowest BCUT2D eigenvalue weighted by molar-refractivity contribution is -0.116. The van der Waals surface area contributed by atoms with Crippen LogP contribution in [0, 0.1) is 24.1 Å². The second kappa shape index (κ2) is 15.9. The van der Waals surface area contributed by atoms with Crippen LogP contribution >= 0.6 is 23.1 Å². The van der Waals surface area contributed by atoms with Crippen LogP contribution in [0.15, 0.2) is 119 Å². The van der Waals surface area contributed by atoms with Crippen molar-refractivity contribution in [2.75, 3.05) is 10.6 Å². The number of carbonyl (C=O) groups excluding carboxylic acids is 3. The fourth-order valence-corrected chi connectivity index (χ4v) is 6.66. The monoisotopic (exact) mass is 674 g/mol. The van der Waals surface area contributed by atoms with Gasteiger partial charge in [0.25, 0.3) is 11.8 Å². The molecule has 4 aromatic carbocycles. The topological polar surface area (TPSA) is 111 Å². The van der Waals surface area contributed by atoms with Gasteiger partial charge in [0.2, 0.25) is 5.91 Å². The summed E-state index contributed by atoms with van der Waals surface area (Å²) in [5.74, 6) is -1.97. The maximum atomic E-state index is 14.5. The first-order valence-electron chi connectivity index (χ1n) is 15.1. The highest BCUT2D eigenvalue weighted by Crippen LogP contribution is 2.36. The molecule has 0 saturated carbocycles.